The van der Waals surface area contributed by atoms with Crippen molar-refractivity contribution in [3.05, 3.63) is 59.9 Å². The molecule has 0 amide bonds. The predicted octanol–water partition coefficient (Wildman–Crippen LogP) is 2.96. The minimum absolute atomic E-state index is 0.236. The van der Waals surface area contributed by atoms with Crippen molar-refractivity contribution in [3.63, 3.8) is 0 Å². The lowest BCUT2D eigenvalue weighted by molar-refractivity contribution is -0.143. The van der Waals surface area contributed by atoms with Gasteiger partial charge in [-0.2, -0.15) is 0 Å². The summed E-state index contributed by atoms with van der Waals surface area (Å²) in [5.41, 5.74) is 2.07. The number of aromatic nitrogens is 1. The summed E-state index contributed by atoms with van der Waals surface area (Å²) in [6.45, 7) is 2.83. The number of aliphatic carboxylic acids is 1. The second-order valence-electron chi connectivity index (χ2n) is 6.17. The van der Waals surface area contributed by atoms with E-state index < -0.39 is 5.97 Å². The van der Waals surface area contributed by atoms with Crippen LogP contribution in [-0.2, 0) is 17.9 Å². The van der Waals surface area contributed by atoms with Crippen LogP contribution in [0, 0.1) is 5.92 Å². The molecule has 1 aromatic carbocycles. The molecule has 5 nitrogen and oxygen atoms in total. The SMILES string of the molecule is O=C(O)C1CCCN(Cc2ccc(OCc3ccccn3)cc2)C1. The van der Waals surface area contributed by atoms with Crippen molar-refractivity contribution < 1.29 is 14.6 Å². The van der Waals surface area contributed by atoms with Gasteiger partial charge >= 0.3 is 5.97 Å². The first-order chi connectivity index (χ1) is 11.7. The molecule has 1 aliphatic rings. The molecular weight excluding hydrogens is 304 g/mol. The molecular formula is C19H22N2O3. The maximum Gasteiger partial charge on any atom is 0.307 e. The number of carbonyl (C=O) groups is 1. The van der Waals surface area contributed by atoms with Crippen molar-refractivity contribution >= 4 is 5.97 Å². The Balaban J connectivity index is 1.52. The third kappa shape index (κ3) is 4.55. The van der Waals surface area contributed by atoms with Crippen molar-refractivity contribution in [2.24, 2.45) is 5.92 Å². The summed E-state index contributed by atoms with van der Waals surface area (Å²) in [5, 5.41) is 9.16. The van der Waals surface area contributed by atoms with Gasteiger partial charge in [0.25, 0.3) is 0 Å². The zero-order valence-electron chi connectivity index (χ0n) is 13.6. The molecule has 0 radical (unpaired) electrons. The molecule has 1 saturated heterocycles. The van der Waals surface area contributed by atoms with E-state index >= 15 is 0 Å². The maximum absolute atomic E-state index is 11.1. The summed E-state index contributed by atoms with van der Waals surface area (Å²) in [6, 6.07) is 13.7. The number of rotatable bonds is 6. The summed E-state index contributed by atoms with van der Waals surface area (Å²) in [5.74, 6) is -0.107. The molecule has 1 unspecified atom stereocenters. The molecule has 1 atom stereocenters. The molecule has 5 heteroatoms. The van der Waals surface area contributed by atoms with Gasteiger partial charge in [-0.15, -0.1) is 0 Å². The monoisotopic (exact) mass is 326 g/mol. The van der Waals surface area contributed by atoms with E-state index in [1.54, 1.807) is 6.20 Å². The van der Waals surface area contributed by atoms with Crippen LogP contribution in [-0.4, -0.2) is 34.0 Å². The Hall–Kier alpha value is -2.40. The van der Waals surface area contributed by atoms with Crippen molar-refractivity contribution in [3.8, 4) is 5.75 Å². The quantitative estimate of drug-likeness (QED) is 0.884. The second kappa shape index (κ2) is 7.93. The molecule has 1 fully saturated rings. The number of benzene rings is 1. The average Bonchev–Trinajstić information content (AvgIpc) is 2.62. The van der Waals surface area contributed by atoms with Gasteiger partial charge in [0.2, 0.25) is 0 Å². The minimum atomic E-state index is -0.682. The molecule has 0 aliphatic carbocycles. The van der Waals surface area contributed by atoms with Gasteiger partial charge in [0, 0.05) is 19.3 Å². The van der Waals surface area contributed by atoms with Gasteiger partial charge in [-0.1, -0.05) is 18.2 Å². The average molecular weight is 326 g/mol. The topological polar surface area (TPSA) is 62.7 Å². The zero-order valence-corrected chi connectivity index (χ0v) is 13.6. The number of hydrogen-bond donors (Lipinski definition) is 1. The number of carboxylic acids is 1. The van der Waals surface area contributed by atoms with E-state index in [0.717, 1.165) is 37.4 Å². The Morgan fingerprint density at radius 1 is 1.25 bits per heavy atom. The van der Waals surface area contributed by atoms with Crippen LogP contribution in [0.4, 0.5) is 0 Å². The largest absolute Gasteiger partial charge is 0.487 e. The number of ether oxygens (including phenoxy) is 1. The van der Waals surface area contributed by atoms with Crippen LogP contribution < -0.4 is 4.74 Å². The van der Waals surface area contributed by atoms with E-state index in [2.05, 4.69) is 9.88 Å². The highest BCUT2D eigenvalue weighted by Crippen LogP contribution is 2.20. The molecule has 1 aliphatic heterocycles. The molecule has 1 aromatic heterocycles. The van der Waals surface area contributed by atoms with Crippen LogP contribution in [0.3, 0.4) is 0 Å². The van der Waals surface area contributed by atoms with E-state index in [9.17, 15) is 4.79 Å². The summed E-state index contributed by atoms with van der Waals surface area (Å²) >= 11 is 0. The fraction of sp³-hybridized carbons (Fsp3) is 0.368. The van der Waals surface area contributed by atoms with Crippen LogP contribution in [0.2, 0.25) is 0 Å². The fourth-order valence-corrected chi connectivity index (χ4v) is 2.99. The summed E-state index contributed by atoms with van der Waals surface area (Å²) in [4.78, 5) is 17.6. The Kier molecular flexibility index (Phi) is 5.43. The summed E-state index contributed by atoms with van der Waals surface area (Å²) < 4.78 is 5.73. The van der Waals surface area contributed by atoms with Gasteiger partial charge in [0.05, 0.1) is 11.6 Å². The van der Waals surface area contributed by atoms with Crippen LogP contribution in [0.1, 0.15) is 24.1 Å². The molecule has 3 rings (SSSR count). The number of likely N-dealkylation sites (tertiary alicyclic amines) is 1. The van der Waals surface area contributed by atoms with Gasteiger partial charge in [0.1, 0.15) is 12.4 Å². The minimum Gasteiger partial charge on any atom is -0.487 e. The molecule has 126 valence electrons. The standard InChI is InChI=1S/C19H22N2O3/c22-19(23)16-4-3-11-21(13-16)12-15-6-8-18(9-7-15)24-14-17-5-1-2-10-20-17/h1-2,5-10,16H,3-4,11-14H2,(H,22,23). The van der Waals surface area contributed by atoms with E-state index in [-0.39, 0.29) is 5.92 Å². The molecule has 2 heterocycles. The Labute approximate surface area is 141 Å². The molecule has 2 aromatic rings. The van der Waals surface area contributed by atoms with Gasteiger partial charge in [0.15, 0.2) is 0 Å². The second-order valence-corrected chi connectivity index (χ2v) is 6.17. The molecule has 0 saturated carbocycles. The molecule has 0 spiro atoms. The van der Waals surface area contributed by atoms with Crippen LogP contribution in [0.15, 0.2) is 48.7 Å². The lowest BCUT2D eigenvalue weighted by Crippen LogP contribution is -2.38. The number of piperidine rings is 1. The van der Waals surface area contributed by atoms with E-state index in [4.69, 9.17) is 9.84 Å². The lowest BCUT2D eigenvalue weighted by Gasteiger charge is -2.30. The van der Waals surface area contributed by atoms with Gasteiger partial charge in [-0.25, -0.2) is 0 Å². The van der Waals surface area contributed by atoms with Crippen LogP contribution in [0.25, 0.3) is 0 Å². The van der Waals surface area contributed by atoms with Crippen molar-refractivity contribution in [2.75, 3.05) is 13.1 Å². The first-order valence-electron chi connectivity index (χ1n) is 8.27. The van der Waals surface area contributed by atoms with Crippen molar-refractivity contribution in [2.45, 2.75) is 26.0 Å². The highest BCUT2D eigenvalue weighted by Gasteiger charge is 2.25. The lowest BCUT2D eigenvalue weighted by atomic mass is 9.98. The Morgan fingerprint density at radius 3 is 2.79 bits per heavy atom. The highest BCUT2D eigenvalue weighted by molar-refractivity contribution is 5.70. The smallest absolute Gasteiger partial charge is 0.307 e. The van der Waals surface area contributed by atoms with Crippen LogP contribution >= 0.6 is 0 Å². The number of pyridine rings is 1. The first-order valence-corrected chi connectivity index (χ1v) is 8.27. The van der Waals surface area contributed by atoms with E-state index in [1.807, 2.05) is 42.5 Å². The molecule has 0 bridgehead atoms. The highest BCUT2D eigenvalue weighted by atomic mass is 16.5. The number of hydrogen-bond acceptors (Lipinski definition) is 4. The summed E-state index contributed by atoms with van der Waals surface area (Å²) in [7, 11) is 0. The number of carboxylic acid groups (broad SMARTS) is 1. The van der Waals surface area contributed by atoms with E-state index in [1.165, 1.54) is 5.56 Å². The predicted molar refractivity (Wildman–Crippen MR) is 90.6 cm³/mol. The molecule has 24 heavy (non-hydrogen) atoms. The fourth-order valence-electron chi connectivity index (χ4n) is 2.99. The van der Waals surface area contributed by atoms with Gasteiger partial charge < -0.3 is 9.84 Å². The zero-order chi connectivity index (χ0) is 16.8. The van der Waals surface area contributed by atoms with Gasteiger partial charge in [-0.3, -0.25) is 14.7 Å². The number of nitrogens with zero attached hydrogens (tertiary/aromatic N) is 2. The van der Waals surface area contributed by atoms with Gasteiger partial charge in [-0.05, 0) is 49.2 Å². The van der Waals surface area contributed by atoms with Crippen molar-refractivity contribution in [1.82, 2.24) is 9.88 Å². The third-order valence-corrected chi connectivity index (χ3v) is 4.30. The van der Waals surface area contributed by atoms with E-state index in [0.29, 0.717) is 13.2 Å². The van der Waals surface area contributed by atoms with Crippen LogP contribution in [0.5, 0.6) is 5.75 Å². The first kappa shape index (κ1) is 16.5. The third-order valence-electron chi connectivity index (χ3n) is 4.30. The van der Waals surface area contributed by atoms with Crippen molar-refractivity contribution in [1.29, 1.82) is 0 Å². The maximum atomic E-state index is 11.1. The normalized spacial score (nSPS) is 18.2. The summed E-state index contributed by atoms with van der Waals surface area (Å²) in [6.07, 6.45) is 3.49. The Bertz CT molecular complexity index is 658. The Morgan fingerprint density at radius 2 is 2.08 bits per heavy atom. The molecule has 1 N–H and O–H groups in total.